The molecule has 4 bridgehead atoms. The maximum atomic E-state index is 15.0. The van der Waals surface area contributed by atoms with Crippen molar-refractivity contribution in [3.8, 4) is 22.6 Å². The minimum atomic E-state index is -0.405. The lowest BCUT2D eigenvalue weighted by atomic mass is 9.48. The molecule has 0 atom stereocenters. The molecule has 4 aliphatic carbocycles. The highest BCUT2D eigenvalue weighted by Gasteiger charge is 2.52. The molecule has 180 valence electrons. The number of phenols is 1. The second kappa shape index (κ2) is 8.51. The van der Waals surface area contributed by atoms with E-state index in [0.29, 0.717) is 22.6 Å². The average molecular weight is 470 g/mol. The van der Waals surface area contributed by atoms with Gasteiger partial charge < -0.3 is 9.84 Å². The quantitative estimate of drug-likeness (QED) is 0.388. The summed E-state index contributed by atoms with van der Waals surface area (Å²) in [7, 11) is 1.61. The summed E-state index contributed by atoms with van der Waals surface area (Å²) in [6, 6.07) is 16.6. The average Bonchev–Trinajstić information content (AvgIpc) is 2.84. The Morgan fingerprint density at radius 3 is 2.29 bits per heavy atom. The van der Waals surface area contributed by atoms with Crippen molar-refractivity contribution in [3.05, 3.63) is 77.1 Å². The van der Waals surface area contributed by atoms with Gasteiger partial charge in [0.15, 0.2) is 0 Å². The third-order valence-corrected chi connectivity index (χ3v) is 8.61. The Kier molecular flexibility index (Phi) is 5.43. The zero-order valence-corrected chi connectivity index (χ0v) is 20.4. The molecule has 0 saturated heterocycles. The second-order valence-corrected chi connectivity index (χ2v) is 11.0. The number of aryl methyl sites for hydroxylation is 1. The van der Waals surface area contributed by atoms with Gasteiger partial charge in [0, 0.05) is 28.5 Å². The largest absolute Gasteiger partial charge is 0.507 e. The number of phenolic OH excluding ortho intramolecular Hbond substituents is 1. The van der Waals surface area contributed by atoms with Crippen LogP contribution in [0.3, 0.4) is 0 Å². The first-order chi connectivity index (χ1) is 17.0. The summed E-state index contributed by atoms with van der Waals surface area (Å²) < 4.78 is 20.5. The van der Waals surface area contributed by atoms with Crippen molar-refractivity contribution in [2.24, 2.45) is 22.7 Å². The highest BCUT2D eigenvalue weighted by atomic mass is 19.1. The van der Waals surface area contributed by atoms with Gasteiger partial charge in [0.2, 0.25) is 0 Å². The summed E-state index contributed by atoms with van der Waals surface area (Å²) in [6.45, 7) is 2.07. The van der Waals surface area contributed by atoms with E-state index in [1.54, 1.807) is 19.4 Å². The van der Waals surface area contributed by atoms with E-state index in [2.05, 4.69) is 18.0 Å². The molecule has 4 fully saturated rings. The maximum absolute atomic E-state index is 15.0. The van der Waals surface area contributed by atoms with Gasteiger partial charge >= 0.3 is 0 Å². The number of hydrogen-bond donors (Lipinski definition) is 1. The molecule has 0 heterocycles. The molecule has 0 spiro atoms. The molecule has 4 heteroatoms. The molecule has 0 aromatic heterocycles. The maximum Gasteiger partial charge on any atom is 0.149 e. The van der Waals surface area contributed by atoms with Crippen LogP contribution in [0, 0.1) is 30.5 Å². The number of para-hydroxylation sites is 2. The number of benzene rings is 3. The van der Waals surface area contributed by atoms with Crippen LogP contribution in [0.25, 0.3) is 11.1 Å². The topological polar surface area (TPSA) is 41.8 Å². The molecule has 0 unspecified atom stereocenters. The predicted octanol–water partition coefficient (Wildman–Crippen LogP) is 7.73. The summed E-state index contributed by atoms with van der Waals surface area (Å²) in [5, 5.41) is 11.5. The first-order valence-corrected chi connectivity index (χ1v) is 12.8. The Morgan fingerprint density at radius 2 is 1.60 bits per heavy atom. The summed E-state index contributed by atoms with van der Waals surface area (Å²) >= 11 is 0. The SMILES string of the molecule is COc1ccccc1-c1cccc(F)c1N=Cc1cc(C)cc(C23CC4CC(CC(C4)C2)C3)c1O. The van der Waals surface area contributed by atoms with Crippen LogP contribution in [0.4, 0.5) is 10.1 Å². The molecule has 35 heavy (non-hydrogen) atoms. The summed E-state index contributed by atoms with van der Waals surface area (Å²) in [5.74, 6) is 2.95. The third kappa shape index (κ3) is 3.84. The van der Waals surface area contributed by atoms with Crippen molar-refractivity contribution in [2.75, 3.05) is 7.11 Å². The zero-order chi connectivity index (χ0) is 24.2. The third-order valence-electron chi connectivity index (χ3n) is 8.61. The van der Waals surface area contributed by atoms with Crippen molar-refractivity contribution >= 4 is 11.9 Å². The van der Waals surface area contributed by atoms with Gasteiger partial charge in [0.25, 0.3) is 0 Å². The normalized spacial score (nSPS) is 27.0. The number of nitrogens with zero attached hydrogens (tertiary/aromatic N) is 1. The molecule has 0 amide bonds. The van der Waals surface area contributed by atoms with Gasteiger partial charge in [-0.1, -0.05) is 36.4 Å². The van der Waals surface area contributed by atoms with Gasteiger partial charge in [-0.2, -0.15) is 0 Å². The first kappa shape index (κ1) is 22.3. The van der Waals surface area contributed by atoms with Crippen LogP contribution in [0.2, 0.25) is 0 Å². The van der Waals surface area contributed by atoms with Crippen molar-refractivity contribution in [3.63, 3.8) is 0 Å². The minimum Gasteiger partial charge on any atom is -0.507 e. The fraction of sp³-hybridized carbons (Fsp3) is 0.387. The van der Waals surface area contributed by atoms with Crippen LogP contribution in [-0.2, 0) is 5.41 Å². The fourth-order valence-electron chi connectivity index (χ4n) is 7.62. The van der Waals surface area contributed by atoms with E-state index < -0.39 is 5.82 Å². The number of hydrogen-bond acceptors (Lipinski definition) is 3. The lowest BCUT2D eigenvalue weighted by Gasteiger charge is -2.57. The van der Waals surface area contributed by atoms with Crippen molar-refractivity contribution in [2.45, 2.75) is 50.9 Å². The van der Waals surface area contributed by atoms with E-state index in [1.807, 2.05) is 36.4 Å². The molecule has 4 saturated carbocycles. The van der Waals surface area contributed by atoms with Gasteiger partial charge in [-0.25, -0.2) is 4.39 Å². The monoisotopic (exact) mass is 469 g/mol. The molecule has 3 aromatic carbocycles. The van der Waals surface area contributed by atoms with Crippen LogP contribution in [0.5, 0.6) is 11.5 Å². The Bertz CT molecular complexity index is 1280. The molecule has 0 aliphatic heterocycles. The highest BCUT2D eigenvalue weighted by Crippen LogP contribution is 2.62. The second-order valence-electron chi connectivity index (χ2n) is 11.0. The first-order valence-electron chi connectivity index (χ1n) is 12.8. The van der Waals surface area contributed by atoms with E-state index in [-0.39, 0.29) is 11.1 Å². The Hall–Kier alpha value is -3.14. The molecule has 3 aromatic rings. The molecule has 3 nitrogen and oxygen atoms in total. The van der Waals surface area contributed by atoms with Gasteiger partial charge in [-0.05, 0) is 92.4 Å². The summed E-state index contributed by atoms with van der Waals surface area (Å²) in [5.41, 5.74) is 4.61. The summed E-state index contributed by atoms with van der Waals surface area (Å²) in [4.78, 5) is 4.60. The Labute approximate surface area is 206 Å². The van der Waals surface area contributed by atoms with Gasteiger partial charge in [0.05, 0.1) is 7.11 Å². The molecule has 4 aliphatic rings. The van der Waals surface area contributed by atoms with E-state index >= 15 is 4.39 Å². The number of ether oxygens (including phenoxy) is 1. The standard InChI is InChI=1S/C31H32FNO2/c1-19-10-23(30(34)26(11-19)31-15-20-12-21(16-31)14-22(13-20)17-31)18-33-29-25(7-5-8-27(29)32)24-6-3-4-9-28(24)35-2/h3-11,18,20-22,34H,12-17H2,1-2H3. The van der Waals surface area contributed by atoms with Gasteiger partial charge in [-0.15, -0.1) is 0 Å². The summed E-state index contributed by atoms with van der Waals surface area (Å²) in [6.07, 6.45) is 9.24. The van der Waals surface area contributed by atoms with E-state index in [1.165, 1.54) is 44.6 Å². The van der Waals surface area contributed by atoms with Gasteiger partial charge in [0.1, 0.15) is 23.0 Å². The van der Waals surface area contributed by atoms with Gasteiger partial charge in [-0.3, -0.25) is 4.99 Å². The molecule has 1 N–H and O–H groups in total. The lowest BCUT2D eigenvalue weighted by molar-refractivity contribution is -0.00616. The predicted molar refractivity (Wildman–Crippen MR) is 138 cm³/mol. The van der Waals surface area contributed by atoms with Crippen molar-refractivity contribution < 1.29 is 14.2 Å². The molecule has 7 rings (SSSR count). The van der Waals surface area contributed by atoms with Crippen LogP contribution < -0.4 is 4.74 Å². The van der Waals surface area contributed by atoms with Crippen molar-refractivity contribution in [1.29, 1.82) is 0 Å². The molecular formula is C31H32FNO2. The number of rotatable bonds is 5. The van der Waals surface area contributed by atoms with E-state index in [9.17, 15) is 5.11 Å². The van der Waals surface area contributed by atoms with E-state index in [0.717, 1.165) is 34.4 Å². The van der Waals surface area contributed by atoms with Crippen LogP contribution >= 0.6 is 0 Å². The number of methoxy groups -OCH3 is 1. The smallest absolute Gasteiger partial charge is 0.149 e. The molecule has 0 radical (unpaired) electrons. The van der Waals surface area contributed by atoms with E-state index in [4.69, 9.17) is 4.74 Å². The zero-order valence-electron chi connectivity index (χ0n) is 20.4. The Morgan fingerprint density at radius 1 is 0.943 bits per heavy atom. The molecular weight excluding hydrogens is 437 g/mol. The van der Waals surface area contributed by atoms with Crippen LogP contribution in [0.15, 0.2) is 59.6 Å². The fourth-order valence-corrected chi connectivity index (χ4v) is 7.62. The lowest BCUT2D eigenvalue weighted by Crippen LogP contribution is -2.48. The number of aromatic hydroxyl groups is 1. The van der Waals surface area contributed by atoms with Crippen LogP contribution in [0.1, 0.15) is 55.2 Å². The van der Waals surface area contributed by atoms with Crippen molar-refractivity contribution in [1.82, 2.24) is 0 Å². The minimum absolute atomic E-state index is 0.0774. The highest BCUT2D eigenvalue weighted by molar-refractivity contribution is 5.90. The number of halogens is 1. The van der Waals surface area contributed by atoms with Crippen LogP contribution in [-0.4, -0.2) is 18.4 Å². The Balaban J connectivity index is 1.41. The number of aliphatic imine (C=N–C) groups is 1.